The summed E-state index contributed by atoms with van der Waals surface area (Å²) in [5.41, 5.74) is 2.37. The molecule has 5 heteroatoms. The maximum Gasteiger partial charge on any atom is 0.227 e. The monoisotopic (exact) mass is 372 g/mol. The highest BCUT2D eigenvalue weighted by Gasteiger charge is 2.31. The minimum absolute atomic E-state index is 0.0609. The molecule has 5 nitrogen and oxygen atoms in total. The lowest BCUT2D eigenvalue weighted by atomic mass is 9.95. The van der Waals surface area contributed by atoms with E-state index < -0.39 is 0 Å². The van der Waals surface area contributed by atoms with Gasteiger partial charge in [-0.05, 0) is 36.3 Å². The van der Waals surface area contributed by atoms with Crippen LogP contribution >= 0.6 is 0 Å². The third-order valence-corrected chi connectivity index (χ3v) is 5.47. The van der Waals surface area contributed by atoms with Gasteiger partial charge in [0.15, 0.2) is 0 Å². The molecule has 1 atom stereocenters. The second kappa shape index (κ2) is 9.36. The second-order valence-corrected chi connectivity index (χ2v) is 8.21. The Bertz CT molecular complexity index is 635. The summed E-state index contributed by atoms with van der Waals surface area (Å²) < 4.78 is 5.33. The van der Waals surface area contributed by atoms with Gasteiger partial charge >= 0.3 is 0 Å². The highest BCUT2D eigenvalue weighted by molar-refractivity contribution is 5.82. The lowest BCUT2D eigenvalue weighted by Crippen LogP contribution is -2.49. The number of amides is 2. The van der Waals surface area contributed by atoms with Crippen molar-refractivity contribution in [1.29, 1.82) is 0 Å². The normalized spacial score (nSPS) is 20.8. The van der Waals surface area contributed by atoms with E-state index in [-0.39, 0.29) is 17.7 Å². The minimum Gasteiger partial charge on any atom is -0.378 e. The van der Waals surface area contributed by atoms with Crippen LogP contribution in [0.2, 0.25) is 0 Å². The Kier molecular flexibility index (Phi) is 6.89. The van der Waals surface area contributed by atoms with E-state index in [4.69, 9.17) is 4.74 Å². The van der Waals surface area contributed by atoms with E-state index in [2.05, 4.69) is 38.1 Å². The number of likely N-dealkylation sites (tertiary alicyclic amines) is 1. The molecular weight excluding hydrogens is 340 g/mol. The molecule has 1 unspecified atom stereocenters. The average Bonchev–Trinajstić information content (AvgIpc) is 2.69. The highest BCUT2D eigenvalue weighted by Crippen LogP contribution is 2.21. The molecule has 2 aliphatic rings. The van der Waals surface area contributed by atoms with E-state index >= 15 is 0 Å². The number of ether oxygens (including phenoxy) is 1. The Balaban J connectivity index is 1.54. The molecule has 0 N–H and O–H groups in total. The zero-order valence-electron chi connectivity index (χ0n) is 16.7. The van der Waals surface area contributed by atoms with Crippen LogP contribution in [0.25, 0.3) is 0 Å². The minimum atomic E-state index is -0.0609. The number of piperidine rings is 1. The first-order chi connectivity index (χ1) is 13.0. The lowest BCUT2D eigenvalue weighted by Gasteiger charge is -2.36. The van der Waals surface area contributed by atoms with E-state index in [1.807, 2.05) is 9.80 Å². The number of rotatable bonds is 5. The first-order valence-corrected chi connectivity index (χ1v) is 10.2. The summed E-state index contributed by atoms with van der Waals surface area (Å²) in [6.45, 7) is 8.32. The van der Waals surface area contributed by atoms with Crippen molar-refractivity contribution in [1.82, 2.24) is 9.80 Å². The van der Waals surface area contributed by atoms with Crippen LogP contribution in [0, 0.1) is 11.8 Å². The molecule has 2 aliphatic heterocycles. The summed E-state index contributed by atoms with van der Waals surface area (Å²) in [6.07, 6.45) is 3.26. The Labute approximate surface area is 162 Å². The van der Waals surface area contributed by atoms with Crippen LogP contribution in [0.3, 0.4) is 0 Å². The Hall–Kier alpha value is -1.88. The van der Waals surface area contributed by atoms with Gasteiger partial charge in [-0.2, -0.15) is 0 Å². The van der Waals surface area contributed by atoms with Crippen LogP contribution in [-0.4, -0.2) is 61.0 Å². The van der Waals surface area contributed by atoms with Gasteiger partial charge in [-0.3, -0.25) is 9.59 Å². The van der Waals surface area contributed by atoms with Crippen LogP contribution in [0.5, 0.6) is 0 Å². The van der Waals surface area contributed by atoms with Gasteiger partial charge in [0.05, 0.1) is 25.6 Å². The van der Waals surface area contributed by atoms with Crippen LogP contribution in [-0.2, 0) is 27.2 Å². The van der Waals surface area contributed by atoms with Gasteiger partial charge in [0.2, 0.25) is 11.8 Å². The first-order valence-electron chi connectivity index (χ1n) is 10.2. The van der Waals surface area contributed by atoms with E-state index in [1.165, 1.54) is 5.56 Å². The van der Waals surface area contributed by atoms with Crippen molar-refractivity contribution in [3.8, 4) is 0 Å². The Morgan fingerprint density at radius 3 is 2.37 bits per heavy atom. The fraction of sp³-hybridized carbons (Fsp3) is 0.636. The zero-order chi connectivity index (χ0) is 19.2. The third kappa shape index (κ3) is 5.55. The second-order valence-electron chi connectivity index (χ2n) is 8.21. The molecule has 1 aromatic rings. The lowest BCUT2D eigenvalue weighted by molar-refractivity contribution is -0.143. The molecule has 2 heterocycles. The van der Waals surface area contributed by atoms with Crippen molar-refractivity contribution in [3.63, 3.8) is 0 Å². The summed E-state index contributed by atoms with van der Waals surface area (Å²) in [4.78, 5) is 29.3. The number of carbonyl (C=O) groups excluding carboxylic acids is 2. The fourth-order valence-electron chi connectivity index (χ4n) is 4.00. The molecule has 0 spiro atoms. The van der Waals surface area contributed by atoms with Crippen molar-refractivity contribution < 1.29 is 14.3 Å². The van der Waals surface area contributed by atoms with Gasteiger partial charge in [-0.15, -0.1) is 0 Å². The number of morpholine rings is 1. The largest absolute Gasteiger partial charge is 0.378 e. The predicted octanol–water partition coefficient (Wildman–Crippen LogP) is 2.53. The quantitative estimate of drug-likeness (QED) is 0.798. The van der Waals surface area contributed by atoms with Crippen LogP contribution in [0.15, 0.2) is 24.3 Å². The zero-order valence-corrected chi connectivity index (χ0v) is 16.7. The summed E-state index contributed by atoms with van der Waals surface area (Å²) >= 11 is 0. The maximum atomic E-state index is 12.8. The van der Waals surface area contributed by atoms with Gasteiger partial charge in [0.25, 0.3) is 0 Å². The van der Waals surface area contributed by atoms with Gasteiger partial charge in [-0.1, -0.05) is 38.1 Å². The Morgan fingerprint density at radius 1 is 1.04 bits per heavy atom. The topological polar surface area (TPSA) is 49.9 Å². The van der Waals surface area contributed by atoms with Crippen molar-refractivity contribution in [2.24, 2.45) is 11.8 Å². The number of hydrogen-bond donors (Lipinski definition) is 0. The van der Waals surface area contributed by atoms with Crippen LogP contribution in [0.4, 0.5) is 0 Å². The molecule has 0 aromatic heterocycles. The molecule has 2 saturated heterocycles. The van der Waals surface area contributed by atoms with Crippen LogP contribution < -0.4 is 0 Å². The molecule has 0 aliphatic carbocycles. The number of nitrogens with zero attached hydrogens (tertiary/aromatic N) is 2. The standard InChI is InChI=1S/C22H32N2O3/c1-17(2)14-18-5-7-19(8-6-18)15-21(25)24-9-3-4-20(16-24)22(26)23-10-12-27-13-11-23/h5-8,17,20H,3-4,9-16H2,1-2H3. The highest BCUT2D eigenvalue weighted by atomic mass is 16.5. The molecule has 0 radical (unpaired) electrons. The van der Waals surface area contributed by atoms with Crippen molar-refractivity contribution >= 4 is 11.8 Å². The number of hydrogen-bond acceptors (Lipinski definition) is 3. The van der Waals surface area contributed by atoms with Crippen molar-refractivity contribution in [2.75, 3.05) is 39.4 Å². The molecule has 0 bridgehead atoms. The smallest absolute Gasteiger partial charge is 0.227 e. The molecular formula is C22H32N2O3. The van der Waals surface area contributed by atoms with Gasteiger partial charge in [-0.25, -0.2) is 0 Å². The summed E-state index contributed by atoms with van der Waals surface area (Å²) in [5.74, 6) is 0.890. The molecule has 3 rings (SSSR count). The van der Waals surface area contributed by atoms with Crippen LogP contribution in [0.1, 0.15) is 37.8 Å². The van der Waals surface area contributed by atoms with E-state index in [9.17, 15) is 9.59 Å². The molecule has 27 heavy (non-hydrogen) atoms. The summed E-state index contributed by atoms with van der Waals surface area (Å²) in [5, 5.41) is 0. The number of benzene rings is 1. The predicted molar refractivity (Wildman–Crippen MR) is 105 cm³/mol. The number of carbonyl (C=O) groups is 2. The first kappa shape index (κ1) is 19.9. The Morgan fingerprint density at radius 2 is 1.70 bits per heavy atom. The van der Waals surface area contributed by atoms with E-state index in [0.29, 0.717) is 45.2 Å². The molecule has 2 amide bonds. The average molecular weight is 373 g/mol. The molecule has 1 aromatic carbocycles. The molecule has 0 saturated carbocycles. The van der Waals surface area contributed by atoms with Crippen molar-refractivity contribution in [2.45, 2.75) is 39.5 Å². The molecule has 148 valence electrons. The molecule has 2 fully saturated rings. The van der Waals surface area contributed by atoms with Crippen molar-refractivity contribution in [3.05, 3.63) is 35.4 Å². The SMILES string of the molecule is CC(C)Cc1ccc(CC(=O)N2CCCC(C(=O)N3CCOCC3)C2)cc1. The van der Waals surface area contributed by atoms with E-state index in [0.717, 1.165) is 31.4 Å². The van der Waals surface area contributed by atoms with E-state index in [1.54, 1.807) is 0 Å². The third-order valence-electron chi connectivity index (χ3n) is 5.47. The van der Waals surface area contributed by atoms with Gasteiger partial charge in [0.1, 0.15) is 0 Å². The maximum absolute atomic E-state index is 12.8. The fourth-order valence-corrected chi connectivity index (χ4v) is 4.00. The summed E-state index contributed by atoms with van der Waals surface area (Å²) in [6, 6.07) is 8.39. The van der Waals surface area contributed by atoms with Gasteiger partial charge < -0.3 is 14.5 Å². The summed E-state index contributed by atoms with van der Waals surface area (Å²) in [7, 11) is 0. The van der Waals surface area contributed by atoms with Gasteiger partial charge in [0, 0.05) is 26.2 Å².